The number of carbonyl (C=O) groups excluding carboxylic acids is 3. The van der Waals surface area contributed by atoms with Gasteiger partial charge in [0.25, 0.3) is 5.91 Å². The lowest BCUT2D eigenvalue weighted by molar-refractivity contribution is -0.123. The maximum atomic E-state index is 11.9. The van der Waals surface area contributed by atoms with Crippen LogP contribution in [-0.2, 0) is 19.6 Å². The molecule has 24 heavy (non-hydrogen) atoms. The van der Waals surface area contributed by atoms with Gasteiger partial charge in [0.05, 0.1) is 10.5 Å². The van der Waals surface area contributed by atoms with Crippen LogP contribution in [0.3, 0.4) is 0 Å². The molecule has 0 unspecified atom stereocenters. The van der Waals surface area contributed by atoms with Crippen LogP contribution in [0, 0.1) is 0 Å². The zero-order chi connectivity index (χ0) is 18.3. The summed E-state index contributed by atoms with van der Waals surface area (Å²) in [4.78, 5) is 34.5. The molecule has 0 saturated heterocycles. The average molecular weight is 357 g/mol. The first-order chi connectivity index (χ1) is 11.2. The second-order valence-corrected chi connectivity index (χ2v) is 6.87. The molecule has 0 saturated carbocycles. The van der Waals surface area contributed by atoms with E-state index in [-0.39, 0.29) is 16.5 Å². The van der Waals surface area contributed by atoms with Crippen molar-refractivity contribution in [3.63, 3.8) is 0 Å². The molecular weight excluding hydrogens is 338 g/mol. The summed E-state index contributed by atoms with van der Waals surface area (Å²) in [6.45, 7) is 2.76. The summed E-state index contributed by atoms with van der Waals surface area (Å²) in [5.74, 6) is -1.69. The number of benzene rings is 1. The zero-order valence-electron chi connectivity index (χ0n) is 13.5. The maximum absolute atomic E-state index is 11.9. The molecule has 0 fully saturated rings. The summed E-state index contributed by atoms with van der Waals surface area (Å²) in [6.07, 6.45) is 0. The van der Waals surface area contributed by atoms with Gasteiger partial charge in [0.2, 0.25) is 10.0 Å². The predicted molar refractivity (Wildman–Crippen MR) is 84.8 cm³/mol. The van der Waals surface area contributed by atoms with Crippen LogP contribution in [0.25, 0.3) is 0 Å². The standard InChI is InChI=1S/C14H19N3O6S/c1-9(2)16-14(20)17-12(18)8-23-13(19)10-5-4-6-11(7-10)24(21,22)15-3/h4-7,9,15H,8H2,1-3H3,(H2,16,17,18,20). The molecule has 0 spiro atoms. The van der Waals surface area contributed by atoms with Crippen LogP contribution in [0.15, 0.2) is 29.2 Å². The van der Waals surface area contributed by atoms with Crippen LogP contribution < -0.4 is 15.4 Å². The van der Waals surface area contributed by atoms with Crippen molar-refractivity contribution in [3.8, 4) is 0 Å². The van der Waals surface area contributed by atoms with Crippen LogP contribution in [0.5, 0.6) is 0 Å². The molecule has 0 heterocycles. The van der Waals surface area contributed by atoms with Crippen molar-refractivity contribution in [3.05, 3.63) is 29.8 Å². The van der Waals surface area contributed by atoms with E-state index in [1.54, 1.807) is 13.8 Å². The molecule has 1 aromatic carbocycles. The summed E-state index contributed by atoms with van der Waals surface area (Å²) in [5, 5.41) is 4.43. The molecule has 132 valence electrons. The van der Waals surface area contributed by atoms with Crippen molar-refractivity contribution in [2.75, 3.05) is 13.7 Å². The molecule has 0 aliphatic carbocycles. The molecule has 3 amide bonds. The highest BCUT2D eigenvalue weighted by Gasteiger charge is 2.16. The van der Waals surface area contributed by atoms with E-state index < -0.39 is 34.5 Å². The Labute approximate surface area is 139 Å². The molecule has 0 aromatic heterocycles. The van der Waals surface area contributed by atoms with E-state index in [1.165, 1.54) is 25.2 Å². The van der Waals surface area contributed by atoms with Gasteiger partial charge in [-0.1, -0.05) is 6.07 Å². The number of sulfonamides is 1. The summed E-state index contributed by atoms with van der Waals surface area (Å²) in [6, 6.07) is 4.30. The molecule has 0 aliphatic rings. The van der Waals surface area contributed by atoms with Gasteiger partial charge in [0.1, 0.15) is 0 Å². The van der Waals surface area contributed by atoms with Gasteiger partial charge >= 0.3 is 12.0 Å². The largest absolute Gasteiger partial charge is 0.452 e. The molecule has 0 radical (unpaired) electrons. The number of rotatable bonds is 6. The summed E-state index contributed by atoms with van der Waals surface area (Å²) in [7, 11) is -2.46. The SMILES string of the molecule is CNS(=O)(=O)c1cccc(C(=O)OCC(=O)NC(=O)NC(C)C)c1. The normalized spacial score (nSPS) is 11.0. The van der Waals surface area contributed by atoms with Gasteiger partial charge in [-0.05, 0) is 39.1 Å². The van der Waals surface area contributed by atoms with Crippen LogP contribution >= 0.6 is 0 Å². The Morgan fingerprint density at radius 3 is 2.46 bits per heavy atom. The third-order valence-corrected chi connectivity index (χ3v) is 4.07. The minimum atomic E-state index is -3.70. The predicted octanol–water partition coefficient (Wildman–Crippen LogP) is -0.0143. The highest BCUT2D eigenvalue weighted by atomic mass is 32.2. The first-order valence-corrected chi connectivity index (χ1v) is 8.45. The molecule has 10 heteroatoms. The van der Waals surface area contributed by atoms with E-state index in [0.29, 0.717) is 0 Å². The van der Waals surface area contributed by atoms with Gasteiger partial charge in [0, 0.05) is 6.04 Å². The number of hydrogen-bond acceptors (Lipinski definition) is 6. The monoisotopic (exact) mass is 357 g/mol. The molecular formula is C14H19N3O6S. The van der Waals surface area contributed by atoms with E-state index in [0.717, 1.165) is 6.07 Å². The van der Waals surface area contributed by atoms with Gasteiger partial charge in [0.15, 0.2) is 6.61 Å². The Morgan fingerprint density at radius 1 is 1.21 bits per heavy atom. The minimum Gasteiger partial charge on any atom is -0.452 e. The lowest BCUT2D eigenvalue weighted by Crippen LogP contribution is -2.44. The quantitative estimate of drug-likeness (QED) is 0.614. The second-order valence-electron chi connectivity index (χ2n) is 4.99. The van der Waals surface area contributed by atoms with Crippen molar-refractivity contribution in [2.45, 2.75) is 24.8 Å². The second kappa shape index (κ2) is 8.41. The topological polar surface area (TPSA) is 131 Å². The van der Waals surface area contributed by atoms with Gasteiger partial charge in [-0.2, -0.15) is 0 Å². The third-order valence-electron chi connectivity index (χ3n) is 2.66. The molecule has 1 rings (SSSR count). The first kappa shape index (κ1) is 19.6. The molecule has 0 aliphatic heterocycles. The van der Waals surface area contributed by atoms with Crippen LogP contribution in [0.2, 0.25) is 0 Å². The van der Waals surface area contributed by atoms with E-state index in [4.69, 9.17) is 4.74 Å². The lowest BCUT2D eigenvalue weighted by atomic mass is 10.2. The van der Waals surface area contributed by atoms with Crippen molar-refractivity contribution < 1.29 is 27.5 Å². The van der Waals surface area contributed by atoms with E-state index in [1.807, 2.05) is 5.32 Å². The van der Waals surface area contributed by atoms with E-state index >= 15 is 0 Å². The first-order valence-electron chi connectivity index (χ1n) is 6.97. The number of urea groups is 1. The minimum absolute atomic E-state index is 0.0363. The number of amides is 3. The number of esters is 1. The number of imide groups is 1. The Hall–Kier alpha value is -2.46. The summed E-state index contributed by atoms with van der Waals surface area (Å²) < 4.78 is 30.2. The average Bonchev–Trinajstić information content (AvgIpc) is 2.51. The Morgan fingerprint density at radius 2 is 1.88 bits per heavy atom. The lowest BCUT2D eigenvalue weighted by Gasteiger charge is -2.09. The fourth-order valence-electron chi connectivity index (χ4n) is 1.58. The third kappa shape index (κ3) is 5.97. The van der Waals surface area contributed by atoms with E-state index in [9.17, 15) is 22.8 Å². The molecule has 3 N–H and O–H groups in total. The number of hydrogen-bond donors (Lipinski definition) is 3. The van der Waals surface area contributed by atoms with Crippen LogP contribution in [0.4, 0.5) is 4.79 Å². The van der Waals surface area contributed by atoms with Gasteiger partial charge < -0.3 is 10.1 Å². The Balaban J connectivity index is 2.65. The smallest absolute Gasteiger partial charge is 0.338 e. The van der Waals surface area contributed by atoms with Gasteiger partial charge in [-0.25, -0.2) is 22.7 Å². The van der Waals surface area contributed by atoms with Gasteiger partial charge in [-0.3, -0.25) is 10.1 Å². The molecule has 1 aromatic rings. The van der Waals surface area contributed by atoms with Crippen molar-refractivity contribution in [2.24, 2.45) is 0 Å². The van der Waals surface area contributed by atoms with E-state index in [2.05, 4.69) is 10.0 Å². The zero-order valence-corrected chi connectivity index (χ0v) is 14.3. The fourth-order valence-corrected chi connectivity index (χ4v) is 2.36. The fraction of sp³-hybridized carbons (Fsp3) is 0.357. The van der Waals surface area contributed by atoms with Crippen molar-refractivity contribution in [1.29, 1.82) is 0 Å². The number of carbonyl (C=O) groups is 3. The molecule has 0 bridgehead atoms. The van der Waals surface area contributed by atoms with Crippen molar-refractivity contribution in [1.82, 2.24) is 15.4 Å². The maximum Gasteiger partial charge on any atom is 0.338 e. The highest BCUT2D eigenvalue weighted by Crippen LogP contribution is 2.12. The molecule has 9 nitrogen and oxygen atoms in total. The Bertz CT molecular complexity index is 730. The van der Waals surface area contributed by atoms with Gasteiger partial charge in [-0.15, -0.1) is 0 Å². The summed E-state index contributed by atoms with van der Waals surface area (Å²) >= 11 is 0. The molecule has 0 atom stereocenters. The van der Waals surface area contributed by atoms with Crippen LogP contribution in [0.1, 0.15) is 24.2 Å². The Kier molecular flexibility index (Phi) is 6.86. The van der Waals surface area contributed by atoms with Crippen molar-refractivity contribution >= 4 is 27.9 Å². The van der Waals surface area contributed by atoms with Crippen LogP contribution in [-0.4, -0.2) is 46.0 Å². The number of ether oxygens (including phenoxy) is 1. The highest BCUT2D eigenvalue weighted by molar-refractivity contribution is 7.89. The summed E-state index contributed by atoms with van der Waals surface area (Å²) in [5.41, 5.74) is -0.0363. The number of nitrogens with one attached hydrogen (secondary N) is 3.